The lowest BCUT2D eigenvalue weighted by atomic mass is 10.2. The van der Waals surface area contributed by atoms with Crippen molar-refractivity contribution in [2.24, 2.45) is 0 Å². The average molecular weight is 310 g/mol. The highest BCUT2D eigenvalue weighted by molar-refractivity contribution is 9.10. The molecule has 2 aromatic rings. The van der Waals surface area contributed by atoms with Crippen LogP contribution in [0.1, 0.15) is 6.42 Å². The lowest BCUT2D eigenvalue weighted by Crippen LogP contribution is -1.77. The van der Waals surface area contributed by atoms with Gasteiger partial charge in [0.15, 0.2) is 0 Å². The predicted octanol–water partition coefficient (Wildman–Crippen LogP) is 3.50. The van der Waals surface area contributed by atoms with Crippen molar-refractivity contribution in [2.75, 3.05) is 5.75 Å². The average Bonchev–Trinajstić information content (AvgIpc) is 2.79. The number of halogens is 1. The number of hydrogen-bond acceptors (Lipinski definition) is 5. The van der Waals surface area contributed by atoms with E-state index in [9.17, 15) is 0 Å². The van der Waals surface area contributed by atoms with E-state index in [4.69, 9.17) is 9.68 Å². The van der Waals surface area contributed by atoms with E-state index in [0.29, 0.717) is 23.3 Å². The smallest absolute Gasteiger partial charge is 0.276 e. The van der Waals surface area contributed by atoms with Crippen molar-refractivity contribution in [3.63, 3.8) is 0 Å². The SMILES string of the molecule is N#CCCSc1nnc(-c2ccc(Br)cc2)o1. The molecule has 0 radical (unpaired) electrons. The van der Waals surface area contributed by atoms with Gasteiger partial charge in [-0.05, 0) is 24.3 Å². The van der Waals surface area contributed by atoms with Crippen LogP contribution in [0.25, 0.3) is 11.5 Å². The lowest BCUT2D eigenvalue weighted by Gasteiger charge is -1.94. The molecule has 2 rings (SSSR count). The van der Waals surface area contributed by atoms with Gasteiger partial charge in [0.05, 0.1) is 6.07 Å². The van der Waals surface area contributed by atoms with Gasteiger partial charge in [0, 0.05) is 22.2 Å². The van der Waals surface area contributed by atoms with Gasteiger partial charge in [0.2, 0.25) is 5.89 Å². The van der Waals surface area contributed by atoms with E-state index in [-0.39, 0.29) is 0 Å². The van der Waals surface area contributed by atoms with Crippen molar-refractivity contribution >= 4 is 27.7 Å². The van der Waals surface area contributed by atoms with Crippen LogP contribution in [0.4, 0.5) is 0 Å². The predicted molar refractivity (Wildman–Crippen MR) is 68.4 cm³/mol. The molecule has 86 valence electrons. The maximum atomic E-state index is 8.42. The molecule has 0 aliphatic carbocycles. The molecular weight excluding hydrogens is 302 g/mol. The maximum Gasteiger partial charge on any atom is 0.276 e. The Morgan fingerprint density at radius 3 is 2.76 bits per heavy atom. The zero-order valence-electron chi connectivity index (χ0n) is 8.76. The molecule has 17 heavy (non-hydrogen) atoms. The number of thioether (sulfide) groups is 1. The number of hydrogen-bond donors (Lipinski definition) is 0. The molecule has 0 aliphatic rings. The van der Waals surface area contributed by atoms with Crippen molar-refractivity contribution in [3.05, 3.63) is 28.7 Å². The maximum absolute atomic E-state index is 8.42. The van der Waals surface area contributed by atoms with Crippen LogP contribution in [0.15, 0.2) is 38.4 Å². The molecular formula is C11H8BrN3OS. The zero-order chi connectivity index (χ0) is 12.1. The van der Waals surface area contributed by atoms with Crippen LogP contribution < -0.4 is 0 Å². The summed E-state index contributed by atoms with van der Waals surface area (Å²) < 4.78 is 6.48. The molecule has 0 saturated heterocycles. The summed E-state index contributed by atoms with van der Waals surface area (Å²) in [4.78, 5) is 0. The first kappa shape index (κ1) is 12.1. The topological polar surface area (TPSA) is 62.7 Å². The number of rotatable bonds is 4. The highest BCUT2D eigenvalue weighted by Crippen LogP contribution is 2.24. The fourth-order valence-electron chi connectivity index (χ4n) is 1.16. The Labute approximate surface area is 111 Å². The highest BCUT2D eigenvalue weighted by atomic mass is 79.9. The van der Waals surface area contributed by atoms with Gasteiger partial charge < -0.3 is 4.42 Å². The zero-order valence-corrected chi connectivity index (χ0v) is 11.2. The van der Waals surface area contributed by atoms with Gasteiger partial charge in [-0.15, -0.1) is 10.2 Å². The fourth-order valence-corrected chi connectivity index (χ4v) is 2.03. The molecule has 6 heteroatoms. The van der Waals surface area contributed by atoms with Gasteiger partial charge in [0.1, 0.15) is 0 Å². The second-order valence-corrected chi connectivity index (χ2v) is 5.10. The molecule has 1 aromatic heterocycles. The van der Waals surface area contributed by atoms with Crippen LogP contribution in [-0.2, 0) is 0 Å². The number of benzene rings is 1. The van der Waals surface area contributed by atoms with E-state index in [1.807, 2.05) is 24.3 Å². The second kappa shape index (κ2) is 5.84. The molecule has 0 fully saturated rings. The van der Waals surface area contributed by atoms with Crippen molar-refractivity contribution in [2.45, 2.75) is 11.6 Å². The highest BCUT2D eigenvalue weighted by Gasteiger charge is 2.08. The summed E-state index contributed by atoms with van der Waals surface area (Å²) >= 11 is 4.76. The number of nitriles is 1. The van der Waals surface area contributed by atoms with Gasteiger partial charge in [0.25, 0.3) is 5.22 Å². The summed E-state index contributed by atoms with van der Waals surface area (Å²) in [6, 6.07) is 9.71. The van der Waals surface area contributed by atoms with E-state index in [1.54, 1.807) is 0 Å². The molecule has 0 saturated carbocycles. The van der Waals surface area contributed by atoms with E-state index < -0.39 is 0 Å². The van der Waals surface area contributed by atoms with Crippen molar-refractivity contribution in [1.82, 2.24) is 10.2 Å². The molecule has 1 aromatic carbocycles. The monoisotopic (exact) mass is 309 g/mol. The van der Waals surface area contributed by atoms with Gasteiger partial charge >= 0.3 is 0 Å². The Bertz CT molecular complexity index is 532. The minimum Gasteiger partial charge on any atom is -0.411 e. The molecule has 0 amide bonds. The van der Waals surface area contributed by atoms with E-state index >= 15 is 0 Å². The molecule has 1 heterocycles. The van der Waals surface area contributed by atoms with E-state index in [0.717, 1.165) is 10.0 Å². The standard InChI is InChI=1S/C11H8BrN3OS/c12-9-4-2-8(3-5-9)10-14-15-11(16-10)17-7-1-6-13/h2-5H,1,7H2. The van der Waals surface area contributed by atoms with Crippen LogP contribution in [0.2, 0.25) is 0 Å². The van der Waals surface area contributed by atoms with Gasteiger partial charge in [-0.1, -0.05) is 27.7 Å². The quantitative estimate of drug-likeness (QED) is 0.639. The summed E-state index contributed by atoms with van der Waals surface area (Å²) in [5.41, 5.74) is 0.882. The molecule has 0 bridgehead atoms. The second-order valence-electron chi connectivity index (χ2n) is 3.14. The third-order valence-corrected chi connectivity index (χ3v) is 3.29. The van der Waals surface area contributed by atoms with Gasteiger partial charge in [-0.25, -0.2) is 0 Å². The van der Waals surface area contributed by atoms with E-state index in [1.165, 1.54) is 11.8 Å². The largest absolute Gasteiger partial charge is 0.411 e. The van der Waals surface area contributed by atoms with Crippen LogP contribution >= 0.6 is 27.7 Å². The Kier molecular flexibility index (Phi) is 4.18. The van der Waals surface area contributed by atoms with Gasteiger partial charge in [-0.3, -0.25) is 0 Å². The Morgan fingerprint density at radius 2 is 2.06 bits per heavy atom. The first-order valence-corrected chi connectivity index (χ1v) is 6.66. The Balaban J connectivity index is 2.08. The summed E-state index contributed by atoms with van der Waals surface area (Å²) in [5, 5.41) is 16.8. The Morgan fingerprint density at radius 1 is 1.29 bits per heavy atom. The first-order valence-electron chi connectivity index (χ1n) is 4.89. The molecule has 4 nitrogen and oxygen atoms in total. The molecule has 0 unspecified atom stereocenters. The summed E-state index contributed by atoms with van der Waals surface area (Å²) in [5.74, 6) is 1.16. The lowest BCUT2D eigenvalue weighted by molar-refractivity contribution is 0.466. The summed E-state index contributed by atoms with van der Waals surface area (Å²) in [7, 11) is 0. The van der Waals surface area contributed by atoms with Crippen LogP contribution in [0.3, 0.4) is 0 Å². The van der Waals surface area contributed by atoms with Crippen LogP contribution in [0.5, 0.6) is 0 Å². The Hall–Kier alpha value is -1.32. The van der Waals surface area contributed by atoms with Crippen LogP contribution in [0, 0.1) is 11.3 Å². The van der Waals surface area contributed by atoms with Gasteiger partial charge in [-0.2, -0.15) is 5.26 Å². The molecule has 0 spiro atoms. The molecule has 0 N–H and O–H groups in total. The minimum absolute atomic E-state index is 0.473. The normalized spacial score (nSPS) is 10.1. The summed E-state index contributed by atoms with van der Waals surface area (Å²) in [6.07, 6.45) is 0.473. The third-order valence-electron chi connectivity index (χ3n) is 1.94. The summed E-state index contributed by atoms with van der Waals surface area (Å²) in [6.45, 7) is 0. The minimum atomic E-state index is 0.473. The van der Waals surface area contributed by atoms with E-state index in [2.05, 4.69) is 32.2 Å². The number of nitrogens with zero attached hydrogens (tertiary/aromatic N) is 3. The molecule has 0 aliphatic heterocycles. The third kappa shape index (κ3) is 3.32. The van der Waals surface area contributed by atoms with Crippen molar-refractivity contribution in [3.8, 4) is 17.5 Å². The number of aromatic nitrogens is 2. The van der Waals surface area contributed by atoms with Crippen molar-refractivity contribution < 1.29 is 4.42 Å². The van der Waals surface area contributed by atoms with Crippen molar-refractivity contribution in [1.29, 1.82) is 5.26 Å². The first-order chi connectivity index (χ1) is 8.29. The van der Waals surface area contributed by atoms with Crippen LogP contribution in [-0.4, -0.2) is 16.0 Å². The fraction of sp³-hybridized carbons (Fsp3) is 0.182. The molecule has 0 atom stereocenters.